The number of rotatable bonds is 5. The average Bonchev–Trinajstić information content (AvgIpc) is 3.07. The van der Waals surface area contributed by atoms with Crippen molar-refractivity contribution in [3.8, 4) is 0 Å². The van der Waals surface area contributed by atoms with Gasteiger partial charge in [0.25, 0.3) is 0 Å². The van der Waals surface area contributed by atoms with Gasteiger partial charge in [0.2, 0.25) is 0 Å². The van der Waals surface area contributed by atoms with E-state index in [0.29, 0.717) is 17.8 Å². The Morgan fingerprint density at radius 3 is 2.81 bits per heavy atom. The van der Waals surface area contributed by atoms with Crippen molar-refractivity contribution in [2.24, 2.45) is 0 Å². The topological polar surface area (TPSA) is 21.1 Å². The molecule has 2 aromatic rings. The smallest absolute Gasteiger partial charge is 0.151 e. The first-order chi connectivity index (χ1) is 10.2. The molecule has 1 fully saturated rings. The summed E-state index contributed by atoms with van der Waals surface area (Å²) in [5, 5.41) is 0. The summed E-state index contributed by atoms with van der Waals surface area (Å²) in [6, 6.07) is 5.44. The third-order valence-electron chi connectivity index (χ3n) is 4.22. The average molecular weight is 310 g/mol. The molecule has 1 aliphatic rings. The second-order valence-electron chi connectivity index (χ2n) is 5.80. The molecule has 0 bridgehead atoms. The molecule has 1 atom stereocenters. The van der Waals surface area contributed by atoms with Crippen LogP contribution in [0.1, 0.15) is 31.6 Å². The highest BCUT2D eigenvalue weighted by molar-refractivity contribution is 6.17. The van der Waals surface area contributed by atoms with Crippen molar-refractivity contribution >= 4 is 22.6 Å². The van der Waals surface area contributed by atoms with Crippen LogP contribution in [0.3, 0.4) is 0 Å². The van der Waals surface area contributed by atoms with Crippen LogP contribution in [0.25, 0.3) is 11.0 Å². The molecular formula is C16H21ClFN3. The minimum Gasteiger partial charge on any atom is -0.324 e. The SMILES string of the molecule is CC(CN1CCCC1)n1c(CCCl)nc2c(F)cccc21. The molecule has 3 nitrogen and oxygen atoms in total. The second-order valence-corrected chi connectivity index (χ2v) is 6.18. The summed E-state index contributed by atoms with van der Waals surface area (Å²) in [7, 11) is 0. The Bertz CT molecular complexity index is 619. The van der Waals surface area contributed by atoms with E-state index in [4.69, 9.17) is 11.6 Å². The van der Waals surface area contributed by atoms with E-state index in [1.807, 2.05) is 6.07 Å². The Morgan fingerprint density at radius 2 is 2.10 bits per heavy atom. The number of nitrogens with zero attached hydrogens (tertiary/aromatic N) is 3. The fraction of sp³-hybridized carbons (Fsp3) is 0.562. The minimum absolute atomic E-state index is 0.254. The molecule has 1 saturated heterocycles. The number of halogens is 2. The molecule has 1 aromatic heterocycles. The first-order valence-electron chi connectivity index (χ1n) is 7.64. The molecule has 0 radical (unpaired) electrons. The first-order valence-corrected chi connectivity index (χ1v) is 8.18. The lowest BCUT2D eigenvalue weighted by Crippen LogP contribution is -2.28. The van der Waals surface area contributed by atoms with Crippen molar-refractivity contribution in [1.82, 2.24) is 14.5 Å². The number of aryl methyl sites for hydroxylation is 1. The number of hydrogen-bond acceptors (Lipinski definition) is 2. The number of aromatic nitrogens is 2. The highest BCUT2D eigenvalue weighted by atomic mass is 35.5. The van der Waals surface area contributed by atoms with E-state index in [-0.39, 0.29) is 11.9 Å². The fourth-order valence-electron chi connectivity index (χ4n) is 3.30. The summed E-state index contributed by atoms with van der Waals surface area (Å²) in [5.41, 5.74) is 1.34. The Labute approximate surface area is 129 Å². The molecule has 5 heteroatoms. The predicted octanol–water partition coefficient (Wildman–Crippen LogP) is 3.61. The lowest BCUT2D eigenvalue weighted by molar-refractivity contribution is 0.288. The van der Waals surface area contributed by atoms with Crippen LogP contribution in [0.15, 0.2) is 18.2 Å². The zero-order valence-electron chi connectivity index (χ0n) is 12.4. The number of alkyl halides is 1. The Balaban J connectivity index is 1.97. The Morgan fingerprint density at radius 1 is 1.33 bits per heavy atom. The van der Waals surface area contributed by atoms with Gasteiger partial charge in [-0.1, -0.05) is 6.07 Å². The molecule has 1 aromatic carbocycles. The molecule has 3 rings (SSSR count). The van der Waals surface area contributed by atoms with Crippen molar-refractivity contribution in [3.05, 3.63) is 29.8 Å². The number of likely N-dealkylation sites (tertiary alicyclic amines) is 1. The standard InChI is InChI=1S/C16H21ClFN3/c1-12(11-20-9-2-3-10-20)21-14-6-4-5-13(18)16(14)19-15(21)7-8-17/h4-6,12H,2-3,7-11H2,1H3. The molecular weight excluding hydrogens is 289 g/mol. The minimum atomic E-state index is -0.254. The van der Waals surface area contributed by atoms with Crippen LogP contribution in [0.5, 0.6) is 0 Å². The van der Waals surface area contributed by atoms with Crippen LogP contribution >= 0.6 is 11.6 Å². The van der Waals surface area contributed by atoms with Gasteiger partial charge in [-0.05, 0) is 45.0 Å². The highest BCUT2D eigenvalue weighted by Crippen LogP contribution is 2.25. The fourth-order valence-corrected chi connectivity index (χ4v) is 3.47. The largest absolute Gasteiger partial charge is 0.324 e. The molecule has 0 amide bonds. The van der Waals surface area contributed by atoms with Gasteiger partial charge in [-0.2, -0.15) is 0 Å². The maximum Gasteiger partial charge on any atom is 0.151 e. The lowest BCUT2D eigenvalue weighted by atomic mass is 10.2. The van der Waals surface area contributed by atoms with E-state index in [9.17, 15) is 4.39 Å². The summed E-state index contributed by atoms with van der Waals surface area (Å²) < 4.78 is 16.1. The van der Waals surface area contributed by atoms with Gasteiger partial charge in [-0.3, -0.25) is 0 Å². The van der Waals surface area contributed by atoms with Gasteiger partial charge >= 0.3 is 0 Å². The number of para-hydroxylation sites is 1. The van der Waals surface area contributed by atoms with Gasteiger partial charge in [0.1, 0.15) is 11.3 Å². The summed E-state index contributed by atoms with van der Waals surface area (Å²) in [6.45, 7) is 5.49. The van der Waals surface area contributed by atoms with Crippen LogP contribution in [-0.2, 0) is 6.42 Å². The van der Waals surface area contributed by atoms with Gasteiger partial charge in [0, 0.05) is 24.9 Å². The Hall–Kier alpha value is -1.13. The summed E-state index contributed by atoms with van der Waals surface area (Å²) >= 11 is 5.89. The van der Waals surface area contributed by atoms with Crippen molar-refractivity contribution in [2.75, 3.05) is 25.5 Å². The van der Waals surface area contributed by atoms with E-state index in [1.54, 1.807) is 6.07 Å². The summed E-state index contributed by atoms with van der Waals surface area (Å²) in [5.74, 6) is 1.13. The first kappa shape index (κ1) is 14.8. The van der Waals surface area contributed by atoms with E-state index in [1.165, 1.54) is 18.9 Å². The predicted molar refractivity (Wildman–Crippen MR) is 84.5 cm³/mol. The second kappa shape index (κ2) is 6.32. The molecule has 0 spiro atoms. The zero-order valence-corrected chi connectivity index (χ0v) is 13.1. The quantitative estimate of drug-likeness (QED) is 0.787. The molecule has 1 aliphatic heterocycles. The Kier molecular flexibility index (Phi) is 4.45. The molecule has 0 N–H and O–H groups in total. The van der Waals surface area contributed by atoms with Crippen LogP contribution in [-0.4, -0.2) is 40.0 Å². The van der Waals surface area contributed by atoms with Gasteiger partial charge in [0.05, 0.1) is 5.52 Å². The number of benzene rings is 1. The third-order valence-corrected chi connectivity index (χ3v) is 4.41. The number of fused-ring (bicyclic) bond motifs is 1. The highest BCUT2D eigenvalue weighted by Gasteiger charge is 2.21. The van der Waals surface area contributed by atoms with Gasteiger partial charge in [0.15, 0.2) is 5.82 Å². The molecule has 21 heavy (non-hydrogen) atoms. The van der Waals surface area contributed by atoms with E-state index in [0.717, 1.165) is 31.0 Å². The van der Waals surface area contributed by atoms with Crippen molar-refractivity contribution < 1.29 is 4.39 Å². The van der Waals surface area contributed by atoms with Crippen LogP contribution in [0.4, 0.5) is 4.39 Å². The van der Waals surface area contributed by atoms with E-state index >= 15 is 0 Å². The molecule has 2 heterocycles. The zero-order chi connectivity index (χ0) is 14.8. The molecule has 0 aliphatic carbocycles. The number of imidazole rings is 1. The molecule has 114 valence electrons. The lowest BCUT2D eigenvalue weighted by Gasteiger charge is -2.23. The van der Waals surface area contributed by atoms with Crippen LogP contribution in [0.2, 0.25) is 0 Å². The van der Waals surface area contributed by atoms with Crippen LogP contribution in [0, 0.1) is 5.82 Å². The number of hydrogen-bond donors (Lipinski definition) is 0. The molecule has 0 saturated carbocycles. The van der Waals surface area contributed by atoms with Gasteiger partial charge in [-0.15, -0.1) is 11.6 Å². The van der Waals surface area contributed by atoms with Crippen molar-refractivity contribution in [1.29, 1.82) is 0 Å². The third kappa shape index (κ3) is 2.92. The monoisotopic (exact) mass is 309 g/mol. The van der Waals surface area contributed by atoms with Crippen molar-refractivity contribution in [3.63, 3.8) is 0 Å². The van der Waals surface area contributed by atoms with Crippen LogP contribution < -0.4 is 0 Å². The maximum atomic E-state index is 14.0. The van der Waals surface area contributed by atoms with E-state index in [2.05, 4.69) is 21.4 Å². The van der Waals surface area contributed by atoms with E-state index < -0.39 is 0 Å². The molecule has 1 unspecified atom stereocenters. The van der Waals surface area contributed by atoms with Gasteiger partial charge < -0.3 is 9.47 Å². The normalized spacial score (nSPS) is 17.7. The maximum absolute atomic E-state index is 14.0. The summed E-state index contributed by atoms with van der Waals surface area (Å²) in [6.07, 6.45) is 3.22. The van der Waals surface area contributed by atoms with Gasteiger partial charge in [-0.25, -0.2) is 9.37 Å². The van der Waals surface area contributed by atoms with Crippen molar-refractivity contribution in [2.45, 2.75) is 32.2 Å². The summed E-state index contributed by atoms with van der Waals surface area (Å²) in [4.78, 5) is 6.96.